The zero-order valence-electron chi connectivity index (χ0n) is 12.4. The van der Waals surface area contributed by atoms with Crippen molar-refractivity contribution in [2.24, 2.45) is 11.8 Å². The van der Waals surface area contributed by atoms with Crippen LogP contribution in [0.15, 0.2) is 12.3 Å². The molecule has 1 aliphatic heterocycles. The molecule has 1 aromatic rings. The molecule has 1 saturated heterocycles. The van der Waals surface area contributed by atoms with Crippen LogP contribution in [0.2, 0.25) is 5.02 Å². The van der Waals surface area contributed by atoms with Gasteiger partial charge < -0.3 is 10.2 Å². The van der Waals surface area contributed by atoms with Crippen LogP contribution in [0, 0.1) is 11.8 Å². The Bertz CT molecular complexity index is 463. The fraction of sp³-hybridized carbons (Fsp3) is 0.688. The number of piperidine rings is 1. The average molecular weight is 294 g/mol. The van der Waals surface area contributed by atoms with Crippen molar-refractivity contribution >= 4 is 17.4 Å². The van der Waals surface area contributed by atoms with Crippen LogP contribution in [0.4, 0.5) is 5.82 Å². The summed E-state index contributed by atoms with van der Waals surface area (Å²) in [6, 6.07) is 2.88. The molecule has 4 heteroatoms. The third kappa shape index (κ3) is 3.44. The van der Waals surface area contributed by atoms with Crippen LogP contribution in [0.1, 0.15) is 38.7 Å². The van der Waals surface area contributed by atoms with Gasteiger partial charge in [0.2, 0.25) is 0 Å². The first-order chi connectivity index (χ1) is 9.61. The molecule has 0 spiro atoms. The molecule has 1 aliphatic carbocycles. The van der Waals surface area contributed by atoms with E-state index < -0.39 is 0 Å². The van der Waals surface area contributed by atoms with Crippen molar-refractivity contribution < 1.29 is 0 Å². The van der Waals surface area contributed by atoms with Gasteiger partial charge in [-0.15, -0.1) is 0 Å². The molecule has 0 amide bonds. The number of pyridine rings is 1. The molecule has 0 bridgehead atoms. The summed E-state index contributed by atoms with van der Waals surface area (Å²) in [5, 5.41) is 4.31. The largest absolute Gasteiger partial charge is 0.356 e. The second kappa shape index (κ2) is 5.90. The van der Waals surface area contributed by atoms with E-state index in [1.165, 1.54) is 24.8 Å². The Kier molecular flexibility index (Phi) is 4.18. The summed E-state index contributed by atoms with van der Waals surface area (Å²) in [5.74, 6) is 2.56. The maximum absolute atomic E-state index is 6.28. The number of nitrogens with one attached hydrogen (secondary N) is 1. The van der Waals surface area contributed by atoms with E-state index in [0.29, 0.717) is 6.04 Å². The molecule has 0 aromatic carbocycles. The quantitative estimate of drug-likeness (QED) is 0.921. The van der Waals surface area contributed by atoms with Crippen LogP contribution in [0.3, 0.4) is 0 Å². The first-order valence-electron chi connectivity index (χ1n) is 7.74. The minimum absolute atomic E-state index is 0.706. The Labute approximate surface area is 126 Å². The average Bonchev–Trinajstić information content (AvgIpc) is 3.20. The van der Waals surface area contributed by atoms with Gasteiger partial charge in [0.1, 0.15) is 5.82 Å². The molecule has 2 heterocycles. The number of rotatable bonds is 4. The number of halogens is 1. The lowest BCUT2D eigenvalue weighted by molar-refractivity contribution is 0.355. The summed E-state index contributed by atoms with van der Waals surface area (Å²) < 4.78 is 0. The van der Waals surface area contributed by atoms with Crippen LogP contribution in [-0.2, 0) is 6.54 Å². The van der Waals surface area contributed by atoms with Gasteiger partial charge in [-0.2, -0.15) is 0 Å². The van der Waals surface area contributed by atoms with Gasteiger partial charge in [-0.3, -0.25) is 0 Å². The first kappa shape index (κ1) is 14.2. The number of hydrogen-bond acceptors (Lipinski definition) is 3. The Balaban J connectivity index is 1.73. The Hall–Kier alpha value is -0.800. The van der Waals surface area contributed by atoms with Crippen molar-refractivity contribution in [1.82, 2.24) is 10.3 Å². The van der Waals surface area contributed by atoms with Gasteiger partial charge in [0, 0.05) is 31.9 Å². The smallest absolute Gasteiger partial charge is 0.128 e. The van der Waals surface area contributed by atoms with E-state index in [9.17, 15) is 0 Å². The predicted octanol–water partition coefficient (Wildman–Crippen LogP) is 3.47. The normalized spacial score (nSPS) is 26.9. The number of anilines is 1. The molecule has 3 rings (SSSR count). The van der Waals surface area contributed by atoms with E-state index in [1.807, 2.05) is 6.20 Å². The second-order valence-corrected chi connectivity index (χ2v) is 7.05. The second-order valence-electron chi connectivity index (χ2n) is 6.64. The predicted molar refractivity (Wildman–Crippen MR) is 84.3 cm³/mol. The molecule has 2 atom stereocenters. The van der Waals surface area contributed by atoms with Gasteiger partial charge in [0.15, 0.2) is 0 Å². The van der Waals surface area contributed by atoms with Crippen molar-refractivity contribution in [3.8, 4) is 0 Å². The fourth-order valence-electron chi connectivity index (χ4n) is 3.17. The molecule has 0 radical (unpaired) electrons. The van der Waals surface area contributed by atoms with Gasteiger partial charge >= 0.3 is 0 Å². The van der Waals surface area contributed by atoms with Gasteiger partial charge in [-0.25, -0.2) is 4.98 Å². The van der Waals surface area contributed by atoms with Crippen molar-refractivity contribution in [3.63, 3.8) is 0 Å². The van der Waals surface area contributed by atoms with Crippen LogP contribution in [-0.4, -0.2) is 24.1 Å². The zero-order chi connectivity index (χ0) is 14.1. The highest BCUT2D eigenvalue weighted by molar-refractivity contribution is 6.31. The van der Waals surface area contributed by atoms with Crippen molar-refractivity contribution in [1.29, 1.82) is 0 Å². The number of aromatic nitrogens is 1. The SMILES string of the molecule is CC1CC(C)CN(c2cc(CNC3CC3)c(Cl)cn2)C1. The summed E-state index contributed by atoms with van der Waals surface area (Å²) in [6.45, 7) is 7.73. The molecular weight excluding hydrogens is 270 g/mol. The summed E-state index contributed by atoms with van der Waals surface area (Å²) in [6.07, 6.45) is 5.73. The highest BCUT2D eigenvalue weighted by atomic mass is 35.5. The summed E-state index contributed by atoms with van der Waals surface area (Å²) in [5.41, 5.74) is 1.18. The Morgan fingerprint density at radius 3 is 2.65 bits per heavy atom. The lowest BCUT2D eigenvalue weighted by Crippen LogP contribution is -2.39. The molecule has 2 fully saturated rings. The van der Waals surface area contributed by atoms with Gasteiger partial charge in [0.05, 0.1) is 5.02 Å². The minimum Gasteiger partial charge on any atom is -0.356 e. The van der Waals surface area contributed by atoms with Crippen LogP contribution >= 0.6 is 11.6 Å². The monoisotopic (exact) mass is 293 g/mol. The van der Waals surface area contributed by atoms with Crippen LogP contribution < -0.4 is 10.2 Å². The molecule has 1 aromatic heterocycles. The highest BCUT2D eigenvalue weighted by Gasteiger charge is 2.24. The topological polar surface area (TPSA) is 28.2 Å². The fourth-order valence-corrected chi connectivity index (χ4v) is 3.34. The maximum atomic E-state index is 6.28. The molecule has 3 nitrogen and oxygen atoms in total. The van der Waals surface area contributed by atoms with Crippen molar-refractivity contribution in [2.45, 2.75) is 45.7 Å². The highest BCUT2D eigenvalue weighted by Crippen LogP contribution is 2.28. The standard InChI is InChI=1S/C16H24ClN3/c1-11-5-12(2)10-20(9-11)16-6-13(15(17)8-19-16)7-18-14-3-4-14/h6,8,11-12,14,18H,3-5,7,9-10H2,1-2H3. The van der Waals surface area contributed by atoms with E-state index in [-0.39, 0.29) is 0 Å². The third-order valence-electron chi connectivity index (χ3n) is 4.27. The van der Waals surface area contributed by atoms with E-state index in [2.05, 4.69) is 35.1 Å². The molecule has 1 N–H and O–H groups in total. The van der Waals surface area contributed by atoms with E-state index in [0.717, 1.165) is 42.3 Å². The van der Waals surface area contributed by atoms with Crippen LogP contribution in [0.5, 0.6) is 0 Å². The molecule has 2 unspecified atom stereocenters. The van der Waals surface area contributed by atoms with Crippen molar-refractivity contribution in [2.75, 3.05) is 18.0 Å². The van der Waals surface area contributed by atoms with E-state index in [4.69, 9.17) is 11.6 Å². The minimum atomic E-state index is 0.706. The molecule has 2 aliphatic rings. The third-order valence-corrected chi connectivity index (χ3v) is 4.61. The Morgan fingerprint density at radius 2 is 2.00 bits per heavy atom. The number of hydrogen-bond donors (Lipinski definition) is 1. The van der Waals surface area contributed by atoms with Gasteiger partial charge in [0.25, 0.3) is 0 Å². The van der Waals surface area contributed by atoms with Crippen molar-refractivity contribution in [3.05, 3.63) is 22.8 Å². The van der Waals surface area contributed by atoms with E-state index in [1.54, 1.807) is 0 Å². The lowest BCUT2D eigenvalue weighted by atomic mass is 9.92. The van der Waals surface area contributed by atoms with Gasteiger partial charge in [-0.1, -0.05) is 25.4 Å². The molecular formula is C16H24ClN3. The summed E-state index contributed by atoms with van der Waals surface area (Å²) in [4.78, 5) is 6.95. The van der Waals surface area contributed by atoms with E-state index >= 15 is 0 Å². The van der Waals surface area contributed by atoms with Gasteiger partial charge in [-0.05, 0) is 42.7 Å². The molecule has 110 valence electrons. The lowest BCUT2D eigenvalue weighted by Gasteiger charge is -2.36. The van der Waals surface area contributed by atoms with Crippen LogP contribution in [0.25, 0.3) is 0 Å². The maximum Gasteiger partial charge on any atom is 0.128 e. The summed E-state index contributed by atoms with van der Waals surface area (Å²) in [7, 11) is 0. The molecule has 1 saturated carbocycles. The molecule has 20 heavy (non-hydrogen) atoms. The number of nitrogens with zero attached hydrogens (tertiary/aromatic N) is 2. The summed E-state index contributed by atoms with van der Waals surface area (Å²) >= 11 is 6.28. The zero-order valence-corrected chi connectivity index (χ0v) is 13.2. The first-order valence-corrected chi connectivity index (χ1v) is 8.12. The Morgan fingerprint density at radius 1 is 1.30 bits per heavy atom.